The maximum atomic E-state index is 11.5. The van der Waals surface area contributed by atoms with Crippen molar-refractivity contribution in [2.45, 2.75) is 35.5 Å². The molecule has 0 bridgehead atoms. The third kappa shape index (κ3) is 8.96. The number of anilines is 4. The highest BCUT2D eigenvalue weighted by Crippen LogP contribution is 2.32. The molecule has 1 aliphatic rings. The summed E-state index contributed by atoms with van der Waals surface area (Å²) in [6.45, 7) is 0.926. The second kappa shape index (κ2) is 12.3. The van der Waals surface area contributed by atoms with E-state index in [0.717, 1.165) is 44.1 Å². The first-order valence-corrected chi connectivity index (χ1v) is 14.7. The molecule has 0 amide bonds. The molecule has 0 saturated heterocycles. The van der Waals surface area contributed by atoms with Gasteiger partial charge in [-0.3, -0.25) is 4.55 Å². The third-order valence-electron chi connectivity index (χ3n) is 5.38. The van der Waals surface area contributed by atoms with Crippen molar-refractivity contribution in [1.82, 2.24) is 19.7 Å². The number of nitrogens with zero attached hydrogens (tertiary/aromatic N) is 3. The summed E-state index contributed by atoms with van der Waals surface area (Å²) in [4.78, 5) is 12.2. The van der Waals surface area contributed by atoms with E-state index in [0.29, 0.717) is 25.1 Å². The maximum Gasteiger partial charge on any atom is 0.294 e. The second-order valence-electron chi connectivity index (χ2n) is 8.22. The molecule has 7 N–H and O–H groups in total. The van der Waals surface area contributed by atoms with Crippen molar-refractivity contribution in [2.75, 3.05) is 35.7 Å². The molecule has 0 aliphatic heterocycles. The van der Waals surface area contributed by atoms with Gasteiger partial charge in [-0.05, 0) is 49.3 Å². The van der Waals surface area contributed by atoms with Crippen molar-refractivity contribution in [3.05, 3.63) is 18.2 Å². The average Bonchev–Trinajstić information content (AvgIpc) is 2.79. The minimum atomic E-state index is -4.51. The zero-order valence-electron chi connectivity index (χ0n) is 19.1. The van der Waals surface area contributed by atoms with Gasteiger partial charge in [-0.15, -0.1) is 4.33 Å². The van der Waals surface area contributed by atoms with E-state index in [9.17, 15) is 21.4 Å². The molecule has 1 saturated carbocycles. The summed E-state index contributed by atoms with van der Waals surface area (Å²) in [5.41, 5.74) is 5.92. The minimum Gasteiger partial charge on any atom is -0.368 e. The number of hydrogen-bond donors (Lipinski definition) is 6. The van der Waals surface area contributed by atoms with E-state index in [4.69, 9.17) is 11.0 Å². The quantitative estimate of drug-likeness (QED) is 0.0930. The van der Waals surface area contributed by atoms with Crippen molar-refractivity contribution < 1.29 is 36.0 Å². The Morgan fingerprint density at radius 1 is 1.11 bits per heavy atom. The molecule has 200 valence electrons. The molecular formula is C18H27N7O8S3. The van der Waals surface area contributed by atoms with Gasteiger partial charge in [-0.2, -0.15) is 23.4 Å². The van der Waals surface area contributed by atoms with Crippen LogP contribution in [0, 0.1) is 11.8 Å². The topological polar surface area (TPSA) is 228 Å². The van der Waals surface area contributed by atoms with Gasteiger partial charge in [0.2, 0.25) is 27.9 Å². The van der Waals surface area contributed by atoms with Crippen LogP contribution < -0.4 is 21.1 Å². The van der Waals surface area contributed by atoms with Crippen molar-refractivity contribution in [1.29, 1.82) is 0 Å². The van der Waals surface area contributed by atoms with E-state index < -0.39 is 25.0 Å². The van der Waals surface area contributed by atoms with Gasteiger partial charge in [0.1, 0.15) is 0 Å². The molecule has 1 fully saturated rings. The predicted octanol–water partition coefficient (Wildman–Crippen LogP) is 1.64. The average molecular weight is 566 g/mol. The van der Waals surface area contributed by atoms with Gasteiger partial charge < -0.3 is 16.4 Å². The van der Waals surface area contributed by atoms with E-state index in [2.05, 4.69) is 39.7 Å². The predicted molar refractivity (Wildman–Crippen MR) is 131 cm³/mol. The lowest BCUT2D eigenvalue weighted by molar-refractivity contribution is -0.432. The van der Waals surface area contributed by atoms with E-state index in [1.165, 1.54) is 6.07 Å². The molecule has 1 aromatic carbocycles. The Morgan fingerprint density at radius 2 is 1.81 bits per heavy atom. The van der Waals surface area contributed by atoms with Crippen molar-refractivity contribution >= 4 is 55.7 Å². The molecule has 1 aliphatic carbocycles. The normalized spacial score (nSPS) is 18.6. The lowest BCUT2D eigenvalue weighted by Gasteiger charge is -2.29. The zero-order chi connectivity index (χ0) is 26.3. The van der Waals surface area contributed by atoms with Crippen LogP contribution in [0.3, 0.4) is 0 Å². The summed E-state index contributed by atoms with van der Waals surface area (Å²) in [5.74, 6) is 0.546. The lowest BCUT2D eigenvalue weighted by atomic mass is 9.81. The third-order valence-corrected chi connectivity index (χ3v) is 7.58. The first-order chi connectivity index (χ1) is 16.9. The van der Waals surface area contributed by atoms with Crippen LogP contribution in [0.5, 0.6) is 0 Å². The molecular weight excluding hydrogens is 538 g/mol. The summed E-state index contributed by atoms with van der Waals surface area (Å²) in [6, 6.07) is 3.54. The van der Waals surface area contributed by atoms with Gasteiger partial charge in [0.25, 0.3) is 10.1 Å². The Hall–Kier alpha value is -2.32. The number of rotatable bonds is 12. The molecule has 3 rings (SSSR count). The number of nitrogens with two attached hydrogens (primary N) is 1. The van der Waals surface area contributed by atoms with Gasteiger partial charge in [0.05, 0.1) is 33.8 Å². The summed E-state index contributed by atoms with van der Waals surface area (Å²) in [6.07, 6.45) is 4.85. The van der Waals surface area contributed by atoms with Gasteiger partial charge in [0, 0.05) is 13.1 Å². The van der Waals surface area contributed by atoms with Crippen LogP contribution in [0.2, 0.25) is 0 Å². The van der Waals surface area contributed by atoms with Gasteiger partial charge in [-0.25, -0.2) is 18.4 Å². The fraction of sp³-hybridized carbons (Fsp3) is 0.500. The highest BCUT2D eigenvalue weighted by atomic mass is 32.2. The number of aromatic nitrogens is 3. The van der Waals surface area contributed by atoms with Crippen LogP contribution in [-0.4, -0.2) is 60.9 Å². The molecule has 2 aromatic rings. The van der Waals surface area contributed by atoms with E-state index in [-0.39, 0.29) is 40.3 Å². The molecule has 0 spiro atoms. The molecule has 2 atom stereocenters. The van der Waals surface area contributed by atoms with Gasteiger partial charge in [0.15, 0.2) is 0 Å². The summed E-state index contributed by atoms with van der Waals surface area (Å²) >= 11 is 0.557. The Morgan fingerprint density at radius 3 is 2.47 bits per heavy atom. The number of sulfonamides is 1. The van der Waals surface area contributed by atoms with Crippen molar-refractivity contribution in [3.8, 4) is 0 Å². The second-order valence-corrected chi connectivity index (χ2v) is 12.2. The summed E-state index contributed by atoms with van der Waals surface area (Å²) in [5, 5.41) is 17.9. The molecule has 2 unspecified atom stereocenters. The van der Waals surface area contributed by atoms with Crippen LogP contribution in [-0.2, 0) is 29.5 Å². The SMILES string of the molecule is CS(=O)(=O)NCC1CCCC(CNc2nc(N)nc(Nc3cc(S(=O)(=O)O)ccc3SOOO)n2)C1. The lowest BCUT2D eigenvalue weighted by Crippen LogP contribution is -2.32. The smallest absolute Gasteiger partial charge is 0.294 e. The Balaban J connectivity index is 1.70. The number of benzene rings is 1. The number of nitrogen functional groups attached to an aromatic ring is 1. The fourth-order valence-electron chi connectivity index (χ4n) is 3.82. The number of nitrogens with one attached hydrogen (secondary N) is 3. The first kappa shape index (κ1) is 28.3. The van der Waals surface area contributed by atoms with Crippen molar-refractivity contribution in [3.63, 3.8) is 0 Å². The van der Waals surface area contributed by atoms with Crippen LogP contribution in [0.25, 0.3) is 0 Å². The van der Waals surface area contributed by atoms with Crippen LogP contribution in [0.15, 0.2) is 28.0 Å². The Labute approximate surface area is 212 Å². The fourth-order valence-corrected chi connectivity index (χ4v) is 5.29. The zero-order valence-corrected chi connectivity index (χ0v) is 21.6. The van der Waals surface area contributed by atoms with Crippen LogP contribution in [0.1, 0.15) is 25.7 Å². The minimum absolute atomic E-state index is 0.0249. The first-order valence-electron chi connectivity index (χ1n) is 10.7. The monoisotopic (exact) mass is 565 g/mol. The molecule has 18 heteroatoms. The highest BCUT2D eigenvalue weighted by molar-refractivity contribution is 7.94. The van der Waals surface area contributed by atoms with Crippen LogP contribution in [0.4, 0.5) is 23.5 Å². The molecule has 1 aromatic heterocycles. The van der Waals surface area contributed by atoms with Crippen molar-refractivity contribution in [2.24, 2.45) is 11.8 Å². The molecule has 36 heavy (non-hydrogen) atoms. The standard InChI is InChI=1S/C18H27N7O8S3/c1-35(27,28)21-10-12-4-2-3-11(7-12)9-20-17-23-16(19)24-18(25-17)22-14-8-13(36(29,30)31)5-6-15(14)34-33-32-26/h5-6,8,11-12,21,26H,2-4,7,9-10H2,1H3,(H,29,30,31)(H4,19,20,22,23,24,25). The van der Waals surface area contributed by atoms with Crippen LogP contribution >= 0.6 is 12.0 Å². The van der Waals surface area contributed by atoms with E-state index in [1.54, 1.807) is 0 Å². The maximum absolute atomic E-state index is 11.5. The van der Waals surface area contributed by atoms with E-state index >= 15 is 0 Å². The van der Waals surface area contributed by atoms with Gasteiger partial charge >= 0.3 is 0 Å². The Kier molecular flexibility index (Phi) is 9.64. The largest absolute Gasteiger partial charge is 0.368 e. The highest BCUT2D eigenvalue weighted by Gasteiger charge is 2.23. The molecule has 1 heterocycles. The number of hydrogen-bond acceptors (Lipinski definition) is 14. The summed E-state index contributed by atoms with van der Waals surface area (Å²) in [7, 11) is -7.75. The Bertz CT molecular complexity index is 1260. The summed E-state index contributed by atoms with van der Waals surface area (Å²) < 4.78 is 62.2. The molecule has 0 radical (unpaired) electrons. The van der Waals surface area contributed by atoms with E-state index in [1.807, 2.05) is 0 Å². The van der Waals surface area contributed by atoms with Gasteiger partial charge in [-0.1, -0.05) is 11.5 Å². The molecule has 15 nitrogen and oxygen atoms in total.